The van der Waals surface area contributed by atoms with Crippen LogP contribution in [-0.4, -0.2) is 28.5 Å². The zero-order valence-corrected chi connectivity index (χ0v) is 15.0. The molecule has 0 bridgehead atoms. The van der Waals surface area contributed by atoms with Crippen LogP contribution in [0.2, 0.25) is 0 Å². The molecule has 0 radical (unpaired) electrons. The summed E-state index contributed by atoms with van der Waals surface area (Å²) >= 11 is 4.95. The first-order valence-corrected chi connectivity index (χ1v) is 8.20. The number of benzene rings is 2. The lowest BCUT2D eigenvalue weighted by atomic mass is 10.2. The predicted octanol–water partition coefficient (Wildman–Crippen LogP) is 1.94. The van der Waals surface area contributed by atoms with Gasteiger partial charge in [0.05, 0.1) is 11.5 Å². The Hall–Kier alpha value is -3.53. The molecule has 10 heteroatoms. The third-order valence-corrected chi connectivity index (χ3v) is 3.49. The Morgan fingerprint density at radius 2 is 1.56 bits per heavy atom. The van der Waals surface area contributed by atoms with Crippen molar-refractivity contribution in [3.8, 4) is 5.75 Å². The molecule has 0 saturated carbocycles. The Bertz CT molecular complexity index is 853. The quantitative estimate of drug-likeness (QED) is 0.406. The van der Waals surface area contributed by atoms with Gasteiger partial charge in [-0.05, 0) is 55.5 Å². The summed E-state index contributed by atoms with van der Waals surface area (Å²) in [5.74, 6) is -0.382. The lowest BCUT2D eigenvalue weighted by Crippen LogP contribution is -2.48. The van der Waals surface area contributed by atoms with Crippen LogP contribution in [0.5, 0.6) is 5.75 Å². The van der Waals surface area contributed by atoms with Gasteiger partial charge in [-0.25, -0.2) is 0 Å². The molecule has 0 atom stereocenters. The molecule has 0 aliphatic rings. The lowest BCUT2D eigenvalue weighted by molar-refractivity contribution is -0.384. The molecule has 140 valence electrons. The van der Waals surface area contributed by atoms with Crippen LogP contribution in [0.4, 0.5) is 5.69 Å². The first-order chi connectivity index (χ1) is 12.9. The van der Waals surface area contributed by atoms with Crippen molar-refractivity contribution in [2.24, 2.45) is 0 Å². The normalized spacial score (nSPS) is 9.81. The van der Waals surface area contributed by atoms with Crippen molar-refractivity contribution < 1.29 is 19.2 Å². The summed E-state index contributed by atoms with van der Waals surface area (Å²) in [6.45, 7) is 2.38. The highest BCUT2D eigenvalue weighted by Gasteiger charge is 2.11. The van der Waals surface area contributed by atoms with E-state index in [4.69, 9.17) is 17.0 Å². The van der Waals surface area contributed by atoms with E-state index < -0.39 is 16.7 Å². The minimum atomic E-state index is -0.567. The number of thiocarbonyl (C=S) groups is 1. The molecule has 0 spiro atoms. The van der Waals surface area contributed by atoms with E-state index in [1.165, 1.54) is 24.3 Å². The van der Waals surface area contributed by atoms with Gasteiger partial charge in [0.15, 0.2) is 5.11 Å². The SMILES string of the molecule is CCOc1ccc(C(=O)NC(=S)NNC(=O)c2ccc([N+](=O)[O-])cc2)cc1. The molecule has 0 aromatic heterocycles. The molecule has 0 aliphatic heterocycles. The molecule has 9 nitrogen and oxygen atoms in total. The van der Waals surface area contributed by atoms with E-state index >= 15 is 0 Å². The number of amides is 2. The summed E-state index contributed by atoms with van der Waals surface area (Å²) in [6.07, 6.45) is 0. The van der Waals surface area contributed by atoms with Crippen molar-refractivity contribution in [3.05, 3.63) is 69.8 Å². The molecule has 0 unspecified atom stereocenters. The van der Waals surface area contributed by atoms with Crippen LogP contribution >= 0.6 is 12.2 Å². The molecule has 0 saturated heterocycles. The molecule has 27 heavy (non-hydrogen) atoms. The van der Waals surface area contributed by atoms with Crippen molar-refractivity contribution in [2.45, 2.75) is 6.92 Å². The number of carbonyl (C=O) groups is 2. The maximum Gasteiger partial charge on any atom is 0.269 e. The number of nitrogens with one attached hydrogen (secondary N) is 3. The van der Waals surface area contributed by atoms with E-state index in [2.05, 4.69) is 16.2 Å². The van der Waals surface area contributed by atoms with E-state index in [1.807, 2.05) is 6.92 Å². The third-order valence-electron chi connectivity index (χ3n) is 3.28. The molecule has 0 fully saturated rings. The van der Waals surface area contributed by atoms with Crippen LogP contribution < -0.4 is 20.9 Å². The Morgan fingerprint density at radius 3 is 2.11 bits per heavy atom. The Morgan fingerprint density at radius 1 is 1.00 bits per heavy atom. The summed E-state index contributed by atoms with van der Waals surface area (Å²) < 4.78 is 5.29. The molecular formula is C17H16N4O5S. The van der Waals surface area contributed by atoms with Gasteiger partial charge in [0.25, 0.3) is 17.5 Å². The van der Waals surface area contributed by atoms with Gasteiger partial charge in [0.1, 0.15) is 5.75 Å². The number of carbonyl (C=O) groups excluding carboxylic acids is 2. The molecule has 3 N–H and O–H groups in total. The van der Waals surface area contributed by atoms with Gasteiger partial charge in [-0.3, -0.25) is 35.9 Å². The van der Waals surface area contributed by atoms with Gasteiger partial charge >= 0.3 is 0 Å². The highest BCUT2D eigenvalue weighted by Crippen LogP contribution is 2.12. The number of nitro benzene ring substituents is 1. The maximum absolute atomic E-state index is 12.1. The summed E-state index contributed by atoms with van der Waals surface area (Å²) in [5.41, 5.74) is 5.11. The fourth-order valence-electron chi connectivity index (χ4n) is 2.00. The number of nitrogens with zero attached hydrogens (tertiary/aromatic N) is 1. The van der Waals surface area contributed by atoms with Crippen molar-refractivity contribution in [3.63, 3.8) is 0 Å². The van der Waals surface area contributed by atoms with Crippen molar-refractivity contribution in [2.75, 3.05) is 6.61 Å². The van der Waals surface area contributed by atoms with Crippen molar-refractivity contribution in [1.29, 1.82) is 0 Å². The van der Waals surface area contributed by atoms with Gasteiger partial charge in [0, 0.05) is 23.3 Å². The van der Waals surface area contributed by atoms with E-state index in [1.54, 1.807) is 24.3 Å². The molecule has 2 amide bonds. The largest absolute Gasteiger partial charge is 0.494 e. The van der Waals surface area contributed by atoms with Crippen LogP contribution in [0, 0.1) is 10.1 Å². The zero-order chi connectivity index (χ0) is 19.8. The van der Waals surface area contributed by atoms with Crippen LogP contribution in [0.1, 0.15) is 27.6 Å². The maximum atomic E-state index is 12.1. The van der Waals surface area contributed by atoms with Crippen molar-refractivity contribution in [1.82, 2.24) is 16.2 Å². The molecule has 2 aromatic carbocycles. The van der Waals surface area contributed by atoms with Crippen LogP contribution in [0.25, 0.3) is 0 Å². The number of ether oxygens (including phenoxy) is 1. The van der Waals surface area contributed by atoms with Gasteiger partial charge in [-0.15, -0.1) is 0 Å². The highest BCUT2D eigenvalue weighted by molar-refractivity contribution is 7.80. The minimum absolute atomic E-state index is 0.107. The number of non-ortho nitro benzene ring substituents is 1. The lowest BCUT2D eigenvalue weighted by Gasteiger charge is -2.11. The van der Waals surface area contributed by atoms with Crippen LogP contribution in [0.3, 0.4) is 0 Å². The Kier molecular flexibility index (Phi) is 6.78. The average Bonchev–Trinajstić information content (AvgIpc) is 2.67. The second-order valence-electron chi connectivity index (χ2n) is 5.12. The van der Waals surface area contributed by atoms with E-state index in [9.17, 15) is 19.7 Å². The first kappa shape index (κ1) is 19.8. The second-order valence-corrected chi connectivity index (χ2v) is 5.53. The number of hydrogen-bond donors (Lipinski definition) is 3. The van der Waals surface area contributed by atoms with Gasteiger partial charge in [-0.2, -0.15) is 0 Å². The second kappa shape index (κ2) is 9.25. The fraction of sp³-hybridized carbons (Fsp3) is 0.118. The Labute approximate surface area is 159 Å². The van der Waals surface area contributed by atoms with Gasteiger partial charge in [-0.1, -0.05) is 0 Å². The summed E-state index contributed by atoms with van der Waals surface area (Å²) in [5, 5.41) is 12.9. The molecule has 2 rings (SSSR count). The zero-order valence-electron chi connectivity index (χ0n) is 14.2. The smallest absolute Gasteiger partial charge is 0.269 e. The minimum Gasteiger partial charge on any atom is -0.494 e. The monoisotopic (exact) mass is 388 g/mol. The number of hydrogen-bond acceptors (Lipinski definition) is 6. The fourth-order valence-corrected chi connectivity index (χ4v) is 2.14. The van der Waals surface area contributed by atoms with E-state index in [0.29, 0.717) is 17.9 Å². The van der Waals surface area contributed by atoms with E-state index in [0.717, 1.165) is 0 Å². The molecular weight excluding hydrogens is 372 g/mol. The van der Waals surface area contributed by atoms with Crippen molar-refractivity contribution >= 4 is 34.8 Å². The summed E-state index contributed by atoms with van der Waals surface area (Å²) in [4.78, 5) is 34.1. The standard InChI is InChI=1S/C17H16N4O5S/c1-2-26-14-9-5-11(6-10-14)15(22)18-17(27)20-19-16(23)12-3-7-13(8-4-12)21(24)25/h3-10H,2H2,1H3,(H,19,23)(H2,18,20,22,27). The number of hydrazine groups is 1. The topological polar surface area (TPSA) is 123 Å². The van der Waals surface area contributed by atoms with E-state index in [-0.39, 0.29) is 16.4 Å². The average molecular weight is 388 g/mol. The summed E-state index contributed by atoms with van der Waals surface area (Å²) in [6, 6.07) is 11.5. The number of rotatable bonds is 5. The first-order valence-electron chi connectivity index (χ1n) is 7.79. The molecule has 0 aliphatic carbocycles. The van der Waals surface area contributed by atoms with Gasteiger partial charge in [0.2, 0.25) is 0 Å². The van der Waals surface area contributed by atoms with Crippen LogP contribution in [-0.2, 0) is 0 Å². The van der Waals surface area contributed by atoms with Crippen LogP contribution in [0.15, 0.2) is 48.5 Å². The summed E-state index contributed by atoms with van der Waals surface area (Å²) in [7, 11) is 0. The van der Waals surface area contributed by atoms with Gasteiger partial charge < -0.3 is 4.74 Å². The molecule has 2 aromatic rings. The predicted molar refractivity (Wildman–Crippen MR) is 101 cm³/mol. The third kappa shape index (κ3) is 5.75. The number of nitro groups is 1. The molecule has 0 heterocycles. The Balaban J connectivity index is 1.85. The highest BCUT2D eigenvalue weighted by atomic mass is 32.1.